The number of hydrogen-bond donors (Lipinski definition) is 2. The zero-order valence-electron chi connectivity index (χ0n) is 12.0. The number of ether oxygens (including phenoxy) is 1. The number of benzene rings is 2. The maximum absolute atomic E-state index is 9.42. The number of rotatable bonds is 4. The fourth-order valence-corrected chi connectivity index (χ4v) is 2.37. The zero-order chi connectivity index (χ0) is 14.8. The van der Waals surface area contributed by atoms with Gasteiger partial charge in [0.05, 0.1) is 13.7 Å². The Kier molecular flexibility index (Phi) is 3.44. The lowest BCUT2D eigenvalue weighted by Gasteiger charge is -2.08. The summed E-state index contributed by atoms with van der Waals surface area (Å²) >= 11 is 0. The van der Waals surface area contributed by atoms with Gasteiger partial charge in [0.1, 0.15) is 11.5 Å². The van der Waals surface area contributed by atoms with E-state index in [1.165, 1.54) is 0 Å². The Bertz CT molecular complexity index is 777. The van der Waals surface area contributed by atoms with E-state index in [4.69, 9.17) is 9.15 Å². The van der Waals surface area contributed by atoms with E-state index in [1.54, 1.807) is 19.2 Å². The summed E-state index contributed by atoms with van der Waals surface area (Å²) in [4.78, 5) is 0. The second kappa shape index (κ2) is 5.40. The number of hydrogen-bond acceptors (Lipinski definition) is 4. The topological polar surface area (TPSA) is 54.6 Å². The van der Waals surface area contributed by atoms with Crippen molar-refractivity contribution in [3.05, 3.63) is 53.8 Å². The fourth-order valence-electron chi connectivity index (χ4n) is 2.37. The summed E-state index contributed by atoms with van der Waals surface area (Å²) in [7, 11) is 1.63. The monoisotopic (exact) mass is 283 g/mol. The van der Waals surface area contributed by atoms with Crippen LogP contribution in [0.25, 0.3) is 11.0 Å². The number of phenols is 1. The van der Waals surface area contributed by atoms with Gasteiger partial charge in [-0.05, 0) is 42.8 Å². The number of phenolic OH excluding ortho intramolecular Hbond substituents is 1. The van der Waals surface area contributed by atoms with Gasteiger partial charge in [-0.2, -0.15) is 0 Å². The standard InChI is InChI=1S/C17H17NO3/c1-11-8-13(19)6-7-15(11)18-10-14-9-12-4-3-5-16(20-2)17(12)21-14/h3-9,18-19H,10H2,1-2H3. The fraction of sp³-hybridized carbons (Fsp3) is 0.176. The molecule has 0 aliphatic rings. The van der Waals surface area contributed by atoms with Crippen LogP contribution in [0, 0.1) is 6.92 Å². The predicted octanol–water partition coefficient (Wildman–Crippen LogP) is 4.07. The van der Waals surface area contributed by atoms with Gasteiger partial charge in [-0.15, -0.1) is 0 Å². The minimum Gasteiger partial charge on any atom is -0.508 e. The number of aryl methyl sites for hydroxylation is 1. The van der Waals surface area contributed by atoms with Crippen molar-refractivity contribution in [2.45, 2.75) is 13.5 Å². The van der Waals surface area contributed by atoms with Crippen LogP contribution in [0.4, 0.5) is 5.69 Å². The molecule has 2 aromatic carbocycles. The number of para-hydroxylation sites is 1. The van der Waals surface area contributed by atoms with Crippen molar-refractivity contribution in [1.29, 1.82) is 0 Å². The molecule has 1 aromatic heterocycles. The van der Waals surface area contributed by atoms with Crippen LogP contribution in [0.3, 0.4) is 0 Å². The smallest absolute Gasteiger partial charge is 0.176 e. The van der Waals surface area contributed by atoms with E-state index in [9.17, 15) is 5.11 Å². The molecule has 0 spiro atoms. The molecule has 2 N–H and O–H groups in total. The Labute approximate surface area is 123 Å². The van der Waals surface area contributed by atoms with Crippen molar-refractivity contribution in [3.8, 4) is 11.5 Å². The summed E-state index contributed by atoms with van der Waals surface area (Å²) in [5, 5.41) is 13.7. The maximum atomic E-state index is 9.42. The average Bonchev–Trinajstić information content (AvgIpc) is 2.89. The van der Waals surface area contributed by atoms with Crippen LogP contribution >= 0.6 is 0 Å². The molecule has 4 nitrogen and oxygen atoms in total. The van der Waals surface area contributed by atoms with Crippen LogP contribution in [0.1, 0.15) is 11.3 Å². The molecule has 0 fully saturated rings. The quantitative estimate of drug-likeness (QED) is 0.709. The molecule has 0 aliphatic heterocycles. The molecule has 0 radical (unpaired) electrons. The van der Waals surface area contributed by atoms with Crippen LogP contribution < -0.4 is 10.1 Å². The predicted molar refractivity (Wildman–Crippen MR) is 82.9 cm³/mol. The van der Waals surface area contributed by atoms with Gasteiger partial charge in [0.2, 0.25) is 0 Å². The third-order valence-electron chi connectivity index (χ3n) is 3.44. The van der Waals surface area contributed by atoms with E-state index >= 15 is 0 Å². The van der Waals surface area contributed by atoms with E-state index < -0.39 is 0 Å². The lowest BCUT2D eigenvalue weighted by Crippen LogP contribution is -1.99. The lowest BCUT2D eigenvalue weighted by atomic mass is 10.2. The van der Waals surface area contributed by atoms with Crippen LogP contribution in [0.5, 0.6) is 11.5 Å². The van der Waals surface area contributed by atoms with Gasteiger partial charge in [-0.3, -0.25) is 0 Å². The molecule has 108 valence electrons. The van der Waals surface area contributed by atoms with Crippen LogP contribution in [0.15, 0.2) is 46.9 Å². The molecule has 0 atom stereocenters. The third kappa shape index (κ3) is 2.65. The van der Waals surface area contributed by atoms with E-state index in [1.807, 2.05) is 37.3 Å². The highest BCUT2D eigenvalue weighted by molar-refractivity contribution is 5.83. The summed E-state index contributed by atoms with van der Waals surface area (Å²) < 4.78 is 11.1. The van der Waals surface area contributed by atoms with Crippen LogP contribution in [-0.2, 0) is 6.54 Å². The highest BCUT2D eigenvalue weighted by Crippen LogP contribution is 2.29. The number of furan rings is 1. The minimum absolute atomic E-state index is 0.270. The minimum atomic E-state index is 0.270. The van der Waals surface area contributed by atoms with Crippen molar-refractivity contribution in [2.24, 2.45) is 0 Å². The second-order valence-electron chi connectivity index (χ2n) is 4.94. The number of aromatic hydroxyl groups is 1. The molecule has 3 rings (SSSR count). The molecular weight excluding hydrogens is 266 g/mol. The molecule has 0 amide bonds. The first-order valence-electron chi connectivity index (χ1n) is 6.76. The second-order valence-corrected chi connectivity index (χ2v) is 4.94. The average molecular weight is 283 g/mol. The van der Waals surface area contributed by atoms with Crippen molar-refractivity contribution >= 4 is 16.7 Å². The van der Waals surface area contributed by atoms with Crippen LogP contribution in [0.2, 0.25) is 0 Å². The molecule has 0 aliphatic carbocycles. The van der Waals surface area contributed by atoms with Crippen molar-refractivity contribution in [1.82, 2.24) is 0 Å². The Hall–Kier alpha value is -2.62. The van der Waals surface area contributed by atoms with Crippen molar-refractivity contribution < 1.29 is 14.3 Å². The molecular formula is C17H17NO3. The van der Waals surface area contributed by atoms with Gasteiger partial charge in [-0.25, -0.2) is 0 Å². The Morgan fingerprint density at radius 3 is 2.81 bits per heavy atom. The summed E-state index contributed by atoms with van der Waals surface area (Å²) in [6, 6.07) is 13.1. The number of fused-ring (bicyclic) bond motifs is 1. The summed E-state index contributed by atoms with van der Waals surface area (Å²) in [6.45, 7) is 2.52. The Morgan fingerprint density at radius 1 is 1.19 bits per heavy atom. The van der Waals surface area contributed by atoms with Gasteiger partial charge in [0.15, 0.2) is 11.3 Å². The summed E-state index contributed by atoms with van der Waals surface area (Å²) in [5.41, 5.74) is 2.73. The number of anilines is 1. The summed E-state index contributed by atoms with van der Waals surface area (Å²) in [6.07, 6.45) is 0. The Balaban J connectivity index is 1.82. The first-order valence-corrected chi connectivity index (χ1v) is 6.76. The molecule has 0 unspecified atom stereocenters. The highest BCUT2D eigenvalue weighted by atomic mass is 16.5. The normalized spacial score (nSPS) is 10.8. The largest absolute Gasteiger partial charge is 0.508 e. The van der Waals surface area contributed by atoms with Gasteiger partial charge in [0, 0.05) is 11.1 Å². The number of methoxy groups -OCH3 is 1. The highest BCUT2D eigenvalue weighted by Gasteiger charge is 2.08. The summed E-state index contributed by atoms with van der Waals surface area (Å²) in [5.74, 6) is 1.84. The van der Waals surface area contributed by atoms with Gasteiger partial charge < -0.3 is 19.6 Å². The molecule has 0 saturated heterocycles. The van der Waals surface area contributed by atoms with Crippen molar-refractivity contribution in [3.63, 3.8) is 0 Å². The maximum Gasteiger partial charge on any atom is 0.176 e. The molecule has 21 heavy (non-hydrogen) atoms. The first kappa shape index (κ1) is 13.4. The van der Waals surface area contributed by atoms with E-state index in [0.29, 0.717) is 6.54 Å². The molecule has 0 bridgehead atoms. The SMILES string of the molecule is COc1cccc2cc(CNc3ccc(O)cc3C)oc12. The zero-order valence-corrected chi connectivity index (χ0v) is 12.0. The number of nitrogens with one attached hydrogen (secondary N) is 1. The van der Waals surface area contributed by atoms with Gasteiger partial charge in [0.25, 0.3) is 0 Å². The lowest BCUT2D eigenvalue weighted by molar-refractivity contribution is 0.408. The van der Waals surface area contributed by atoms with Gasteiger partial charge in [-0.1, -0.05) is 12.1 Å². The molecule has 0 saturated carbocycles. The van der Waals surface area contributed by atoms with E-state index in [0.717, 1.165) is 33.7 Å². The van der Waals surface area contributed by atoms with Crippen molar-refractivity contribution in [2.75, 3.05) is 12.4 Å². The first-order chi connectivity index (χ1) is 10.2. The Morgan fingerprint density at radius 2 is 2.05 bits per heavy atom. The molecule has 4 heteroatoms. The van der Waals surface area contributed by atoms with Crippen LogP contribution in [-0.4, -0.2) is 12.2 Å². The third-order valence-corrected chi connectivity index (χ3v) is 3.44. The molecule has 1 heterocycles. The van der Waals surface area contributed by atoms with E-state index in [-0.39, 0.29) is 5.75 Å². The molecule has 3 aromatic rings. The van der Waals surface area contributed by atoms with E-state index in [2.05, 4.69) is 5.32 Å². The van der Waals surface area contributed by atoms with Gasteiger partial charge >= 0.3 is 0 Å².